The van der Waals surface area contributed by atoms with Gasteiger partial charge < -0.3 is 4.57 Å². The number of pyridine rings is 1. The van der Waals surface area contributed by atoms with Crippen molar-refractivity contribution in [3.05, 3.63) is 33.7 Å². The van der Waals surface area contributed by atoms with Crippen molar-refractivity contribution in [2.75, 3.05) is 0 Å². The van der Waals surface area contributed by atoms with E-state index in [2.05, 4.69) is 0 Å². The minimum absolute atomic E-state index is 0.111. The molecule has 1 aromatic rings. The second kappa shape index (κ2) is 4.28. The molecule has 0 amide bonds. The first-order chi connectivity index (χ1) is 8.69. The van der Waals surface area contributed by atoms with Gasteiger partial charge in [0.05, 0.1) is 0 Å². The minimum Gasteiger partial charge on any atom is -0.312 e. The Bertz CT molecular complexity index is 567. The third-order valence-electron chi connectivity index (χ3n) is 4.81. The highest BCUT2D eigenvalue weighted by Crippen LogP contribution is 2.48. The fraction of sp³-hybridized carbons (Fsp3) is 0.600. The molecule has 3 rings (SSSR count). The summed E-state index contributed by atoms with van der Waals surface area (Å²) in [4.78, 5) is 12.2. The van der Waals surface area contributed by atoms with Gasteiger partial charge in [-0.15, -0.1) is 0 Å². The van der Waals surface area contributed by atoms with Crippen molar-refractivity contribution < 1.29 is 0 Å². The molecule has 0 saturated heterocycles. The smallest absolute Gasteiger partial charge is 0.268 e. The first kappa shape index (κ1) is 11.5. The molecule has 2 aliphatic carbocycles. The first-order valence-corrected chi connectivity index (χ1v) is 6.79. The molecule has 0 radical (unpaired) electrons. The van der Waals surface area contributed by atoms with Gasteiger partial charge >= 0.3 is 0 Å². The van der Waals surface area contributed by atoms with Crippen LogP contribution in [0.15, 0.2) is 16.9 Å². The van der Waals surface area contributed by atoms with Crippen molar-refractivity contribution in [2.45, 2.75) is 39.2 Å². The van der Waals surface area contributed by atoms with Crippen LogP contribution in [0.2, 0.25) is 0 Å². The Morgan fingerprint density at radius 2 is 2.22 bits per heavy atom. The van der Waals surface area contributed by atoms with Gasteiger partial charge in [-0.2, -0.15) is 5.26 Å². The molecule has 0 aliphatic heterocycles. The van der Waals surface area contributed by atoms with Crippen LogP contribution in [-0.2, 0) is 6.54 Å². The molecule has 0 aromatic carbocycles. The molecule has 94 valence electrons. The Kier molecular flexibility index (Phi) is 2.74. The average molecular weight is 242 g/mol. The standard InChI is InChI=1S/C15H18N2O/c1-10-2-4-13(8-16)15(18)17(10)9-14-7-11-3-5-12(14)6-11/h2,4,11-12,14H,3,5-7,9H2,1H3. The summed E-state index contributed by atoms with van der Waals surface area (Å²) in [7, 11) is 0. The number of aryl methyl sites for hydroxylation is 1. The van der Waals surface area contributed by atoms with Crippen molar-refractivity contribution in [1.29, 1.82) is 5.26 Å². The number of aromatic nitrogens is 1. The van der Waals surface area contributed by atoms with Crippen LogP contribution in [0.4, 0.5) is 0 Å². The van der Waals surface area contributed by atoms with E-state index >= 15 is 0 Å². The molecule has 2 aliphatic rings. The molecule has 1 aromatic heterocycles. The van der Waals surface area contributed by atoms with Gasteiger partial charge in [0.1, 0.15) is 11.6 Å². The summed E-state index contributed by atoms with van der Waals surface area (Å²) in [6, 6.07) is 5.50. The van der Waals surface area contributed by atoms with E-state index in [0.717, 1.165) is 24.1 Å². The van der Waals surface area contributed by atoms with Crippen molar-refractivity contribution in [1.82, 2.24) is 4.57 Å². The van der Waals surface area contributed by atoms with Crippen molar-refractivity contribution in [3.8, 4) is 6.07 Å². The van der Waals surface area contributed by atoms with E-state index < -0.39 is 0 Å². The summed E-state index contributed by atoms with van der Waals surface area (Å²) in [6.07, 6.45) is 5.35. The second-order valence-electron chi connectivity index (χ2n) is 5.85. The minimum atomic E-state index is -0.111. The van der Waals surface area contributed by atoms with Gasteiger partial charge in [-0.1, -0.05) is 6.42 Å². The van der Waals surface area contributed by atoms with Crippen molar-refractivity contribution >= 4 is 0 Å². The predicted molar refractivity (Wildman–Crippen MR) is 69.1 cm³/mol. The molecule has 3 heteroatoms. The fourth-order valence-corrected chi connectivity index (χ4v) is 3.82. The lowest BCUT2D eigenvalue weighted by atomic mass is 9.88. The molecule has 3 nitrogen and oxygen atoms in total. The van der Waals surface area contributed by atoms with Gasteiger partial charge in [0, 0.05) is 12.2 Å². The number of rotatable bonds is 2. The average Bonchev–Trinajstić information content (AvgIpc) is 2.96. The van der Waals surface area contributed by atoms with Crippen LogP contribution in [0, 0.1) is 36.0 Å². The van der Waals surface area contributed by atoms with E-state index in [-0.39, 0.29) is 11.1 Å². The van der Waals surface area contributed by atoms with Crippen LogP contribution in [-0.4, -0.2) is 4.57 Å². The highest BCUT2D eigenvalue weighted by molar-refractivity contribution is 5.27. The van der Waals surface area contributed by atoms with Crippen molar-refractivity contribution in [3.63, 3.8) is 0 Å². The Labute approximate surface area is 107 Å². The van der Waals surface area contributed by atoms with Crippen LogP contribution in [0.5, 0.6) is 0 Å². The summed E-state index contributed by atoms with van der Waals surface area (Å²) >= 11 is 0. The zero-order valence-electron chi connectivity index (χ0n) is 10.7. The maximum absolute atomic E-state index is 12.2. The molecule has 2 fully saturated rings. The van der Waals surface area contributed by atoms with E-state index in [4.69, 9.17) is 5.26 Å². The van der Waals surface area contributed by atoms with E-state index in [1.54, 1.807) is 6.07 Å². The topological polar surface area (TPSA) is 45.8 Å². The highest BCUT2D eigenvalue weighted by Gasteiger charge is 2.39. The molecular formula is C15H18N2O. The summed E-state index contributed by atoms with van der Waals surface area (Å²) in [5.74, 6) is 2.36. The largest absolute Gasteiger partial charge is 0.312 e. The van der Waals surface area contributed by atoms with E-state index in [1.807, 2.05) is 23.6 Å². The van der Waals surface area contributed by atoms with Gasteiger partial charge in [-0.05, 0) is 56.1 Å². The number of nitriles is 1. The number of hydrogen-bond acceptors (Lipinski definition) is 2. The van der Waals surface area contributed by atoms with E-state index in [0.29, 0.717) is 5.92 Å². The normalized spacial score (nSPS) is 29.4. The Morgan fingerprint density at radius 3 is 2.83 bits per heavy atom. The lowest BCUT2D eigenvalue weighted by molar-refractivity contribution is 0.291. The maximum Gasteiger partial charge on any atom is 0.268 e. The second-order valence-corrected chi connectivity index (χ2v) is 5.85. The SMILES string of the molecule is Cc1ccc(C#N)c(=O)n1CC1CC2CCC1C2. The van der Waals surface area contributed by atoms with Gasteiger partial charge in [-0.25, -0.2) is 0 Å². The number of fused-ring (bicyclic) bond motifs is 2. The molecule has 2 saturated carbocycles. The third kappa shape index (κ3) is 1.77. The van der Waals surface area contributed by atoms with Gasteiger partial charge in [0.25, 0.3) is 5.56 Å². The van der Waals surface area contributed by atoms with Crippen LogP contribution >= 0.6 is 0 Å². The molecule has 0 N–H and O–H groups in total. The van der Waals surface area contributed by atoms with Crippen LogP contribution in [0.25, 0.3) is 0 Å². The molecule has 3 unspecified atom stereocenters. The van der Waals surface area contributed by atoms with Gasteiger partial charge in [0.15, 0.2) is 0 Å². The van der Waals surface area contributed by atoms with Gasteiger partial charge in [0.2, 0.25) is 0 Å². The summed E-state index contributed by atoms with van der Waals surface area (Å²) < 4.78 is 1.81. The Morgan fingerprint density at radius 1 is 1.39 bits per heavy atom. The zero-order valence-corrected chi connectivity index (χ0v) is 10.7. The first-order valence-electron chi connectivity index (χ1n) is 6.79. The molecule has 0 spiro atoms. The van der Waals surface area contributed by atoms with Gasteiger partial charge in [-0.3, -0.25) is 4.79 Å². The summed E-state index contributed by atoms with van der Waals surface area (Å²) in [6.45, 7) is 2.76. The predicted octanol–water partition coefficient (Wildman–Crippen LogP) is 2.46. The summed E-state index contributed by atoms with van der Waals surface area (Å²) in [5.41, 5.74) is 1.13. The van der Waals surface area contributed by atoms with Crippen LogP contribution in [0.1, 0.15) is 36.9 Å². The van der Waals surface area contributed by atoms with Crippen LogP contribution in [0.3, 0.4) is 0 Å². The highest BCUT2D eigenvalue weighted by atomic mass is 16.1. The maximum atomic E-state index is 12.2. The van der Waals surface area contributed by atoms with E-state index in [1.165, 1.54) is 25.7 Å². The number of nitrogens with zero attached hydrogens (tertiary/aromatic N) is 2. The molecule has 18 heavy (non-hydrogen) atoms. The zero-order chi connectivity index (χ0) is 12.7. The Balaban J connectivity index is 1.89. The fourth-order valence-electron chi connectivity index (χ4n) is 3.82. The number of hydrogen-bond donors (Lipinski definition) is 0. The lowest BCUT2D eigenvalue weighted by Crippen LogP contribution is -2.29. The van der Waals surface area contributed by atoms with Crippen LogP contribution < -0.4 is 5.56 Å². The van der Waals surface area contributed by atoms with Crippen molar-refractivity contribution in [2.24, 2.45) is 17.8 Å². The molecule has 2 bridgehead atoms. The monoisotopic (exact) mass is 242 g/mol. The Hall–Kier alpha value is -1.56. The third-order valence-corrected chi connectivity index (χ3v) is 4.81. The summed E-state index contributed by atoms with van der Waals surface area (Å²) in [5, 5.41) is 8.94. The molecular weight excluding hydrogens is 224 g/mol. The lowest BCUT2D eigenvalue weighted by Gasteiger charge is -2.23. The quantitative estimate of drug-likeness (QED) is 0.799. The molecule has 3 atom stereocenters. The molecule has 1 heterocycles. The van der Waals surface area contributed by atoms with E-state index in [9.17, 15) is 4.79 Å².